The summed E-state index contributed by atoms with van der Waals surface area (Å²) in [5, 5.41) is 153. The molecule has 0 bridgehead atoms. The number of aliphatic hydroxyl groups excluding tert-OH is 13. The van der Waals surface area contributed by atoms with Gasteiger partial charge in [-0.2, -0.15) is 0 Å². The van der Waals surface area contributed by atoms with Crippen molar-refractivity contribution in [2.24, 2.45) is 0 Å². The van der Waals surface area contributed by atoms with Crippen molar-refractivity contribution in [1.29, 1.82) is 0 Å². The van der Waals surface area contributed by atoms with E-state index in [0.29, 0.717) is 0 Å². The lowest BCUT2D eigenvalue weighted by molar-refractivity contribution is -0.399. The third kappa shape index (κ3) is 10.6. The van der Waals surface area contributed by atoms with Crippen LogP contribution < -0.4 is 10.6 Å². The Morgan fingerprint density at radius 2 is 0.952 bits per heavy atom. The van der Waals surface area contributed by atoms with Gasteiger partial charge in [0, 0.05) is 13.8 Å². The fraction of sp³-hybridized carbons (Fsp3) is 0.912. The molecule has 62 heavy (non-hydrogen) atoms. The molecule has 25 atom stereocenters. The number of hydrogen-bond acceptors (Lipinski definition) is 25. The number of amides is 2. The number of carbonyl (C=O) groups excluding carboxylic acids is 2. The van der Waals surface area contributed by atoms with E-state index in [9.17, 15) is 85.9 Å². The Morgan fingerprint density at radius 3 is 1.50 bits per heavy atom. The van der Waals surface area contributed by atoms with E-state index < -0.39 is 191 Å². The van der Waals surface area contributed by atoms with Crippen LogP contribution in [-0.4, -0.2) is 263 Å². The molecule has 5 rings (SSSR count). The standard InChI is InChI=1S/C34H56N2O26/c1-7-15(42)20(47)23(50)33(54-7)61-25-17(44)11(5-38)56-34(28(25)62-31-13(35-8(2)40)18(45)16(43)10(4-37)55-31)59-24-12(6-39)57-32(14(19(24)46)36-9(3)41)60-26-21(48)22(49)30(53)58-27(26)29(51)52/h7,10-28,30-34,37-39,42-50,53H,4-6H2,1-3H3,(H,35,40)(H,36,41)(H,51,52)/t7-,10+,11+,12+,13+,14+,15-,16+,17+,18+,19+,20+,21+,22-,23+,24-,25-,26+,27-,28-,30-,31+,32+,33-,34-/m0/s1. The second-order valence-electron chi connectivity index (χ2n) is 15.4. The molecule has 5 fully saturated rings. The zero-order valence-electron chi connectivity index (χ0n) is 33.2. The Morgan fingerprint density at radius 1 is 0.468 bits per heavy atom. The molecule has 5 aliphatic rings. The molecule has 358 valence electrons. The smallest absolute Gasteiger partial charge is 0.335 e. The average Bonchev–Trinajstić information content (AvgIpc) is 3.22. The van der Waals surface area contributed by atoms with Gasteiger partial charge >= 0.3 is 5.97 Å². The molecule has 0 spiro atoms. The molecule has 5 saturated heterocycles. The van der Waals surface area contributed by atoms with Crippen LogP contribution in [0.4, 0.5) is 0 Å². The van der Waals surface area contributed by atoms with Crippen LogP contribution in [0, 0.1) is 0 Å². The van der Waals surface area contributed by atoms with Gasteiger partial charge in [-0.05, 0) is 6.92 Å². The van der Waals surface area contributed by atoms with Crippen molar-refractivity contribution < 1.29 is 129 Å². The van der Waals surface area contributed by atoms with E-state index >= 15 is 0 Å². The highest BCUT2D eigenvalue weighted by atomic mass is 16.8. The van der Waals surface area contributed by atoms with E-state index in [4.69, 9.17) is 42.6 Å². The van der Waals surface area contributed by atoms with Crippen LogP contribution in [0.15, 0.2) is 0 Å². The molecule has 0 aromatic carbocycles. The molecule has 0 saturated carbocycles. The molecule has 0 radical (unpaired) electrons. The Labute approximate surface area is 350 Å². The maximum atomic E-state index is 12.5. The summed E-state index contributed by atoms with van der Waals surface area (Å²) in [5.74, 6) is -3.44. The van der Waals surface area contributed by atoms with E-state index in [-0.39, 0.29) is 0 Å². The van der Waals surface area contributed by atoms with Crippen molar-refractivity contribution in [1.82, 2.24) is 10.6 Å². The molecule has 5 aliphatic heterocycles. The molecule has 28 nitrogen and oxygen atoms in total. The summed E-state index contributed by atoms with van der Waals surface area (Å²) in [4.78, 5) is 36.7. The number of ether oxygens (including phenoxy) is 9. The zero-order valence-corrected chi connectivity index (χ0v) is 33.2. The monoisotopic (exact) mass is 908 g/mol. The van der Waals surface area contributed by atoms with Crippen molar-refractivity contribution in [3.8, 4) is 0 Å². The number of rotatable bonds is 14. The first kappa shape index (κ1) is 50.5. The lowest BCUT2D eigenvalue weighted by atomic mass is 9.94. The van der Waals surface area contributed by atoms with Gasteiger partial charge in [0.2, 0.25) is 11.8 Å². The van der Waals surface area contributed by atoms with Crippen LogP contribution in [-0.2, 0) is 57.0 Å². The molecular formula is C34H56N2O26. The minimum atomic E-state index is -2.18. The number of hydrogen-bond donors (Lipinski definition) is 16. The van der Waals surface area contributed by atoms with Crippen LogP contribution in [0.2, 0.25) is 0 Å². The van der Waals surface area contributed by atoms with E-state index in [1.165, 1.54) is 6.92 Å². The predicted molar refractivity (Wildman–Crippen MR) is 189 cm³/mol. The summed E-state index contributed by atoms with van der Waals surface area (Å²) < 4.78 is 51.7. The molecule has 0 aromatic rings. The molecule has 28 heteroatoms. The number of carboxylic acids is 1. The Bertz CT molecular complexity index is 1500. The third-order valence-corrected chi connectivity index (χ3v) is 11.1. The van der Waals surface area contributed by atoms with E-state index in [2.05, 4.69) is 10.6 Å². The fourth-order valence-corrected chi connectivity index (χ4v) is 7.72. The number of carboxylic acid groups (broad SMARTS) is 1. The summed E-state index contributed by atoms with van der Waals surface area (Å²) in [6, 6.07) is -3.48. The molecule has 0 aliphatic carbocycles. The summed E-state index contributed by atoms with van der Waals surface area (Å²) in [6.45, 7) is 0.310. The van der Waals surface area contributed by atoms with E-state index in [0.717, 1.165) is 13.8 Å². The largest absolute Gasteiger partial charge is 0.479 e. The highest BCUT2D eigenvalue weighted by molar-refractivity contribution is 5.74. The number of aliphatic carboxylic acids is 1. The van der Waals surface area contributed by atoms with Crippen molar-refractivity contribution >= 4 is 17.8 Å². The number of nitrogens with one attached hydrogen (secondary N) is 2. The molecular weight excluding hydrogens is 852 g/mol. The van der Waals surface area contributed by atoms with Crippen molar-refractivity contribution in [3.63, 3.8) is 0 Å². The lowest BCUT2D eigenvalue weighted by Gasteiger charge is -2.51. The first-order valence-electron chi connectivity index (χ1n) is 19.4. The molecule has 0 aromatic heterocycles. The molecule has 16 N–H and O–H groups in total. The zero-order chi connectivity index (χ0) is 46.1. The second-order valence-corrected chi connectivity index (χ2v) is 15.4. The number of aliphatic hydroxyl groups is 13. The highest BCUT2D eigenvalue weighted by Gasteiger charge is 2.58. The lowest BCUT2D eigenvalue weighted by Crippen LogP contribution is -2.71. The highest BCUT2D eigenvalue weighted by Crippen LogP contribution is 2.37. The normalized spacial score (nSPS) is 48.9. The van der Waals surface area contributed by atoms with Gasteiger partial charge in [0.05, 0.1) is 25.9 Å². The number of carbonyl (C=O) groups is 3. The SMILES string of the molecule is CC(=O)N[C@H]1[C@@H](O[C@@H]2[C@H](O)[C@H](O)[C@@H](O)O[C@@H]2C(=O)O)O[C@H](CO)[C@H](O[C@@H]2O[C@H](CO)[C@@H](O)[C@H](O[C@@H]3O[C@@H](C)[C@H](O)[C@@H](O)[C@H]3O)[C@@H]2O[C@H]2O[C@H](CO)[C@@H](O)[C@H](O)[C@H]2NC(C)=O)[C@@H]1O. The van der Waals surface area contributed by atoms with Crippen LogP contribution in [0.3, 0.4) is 0 Å². The predicted octanol–water partition coefficient (Wildman–Crippen LogP) is -10.5. The summed E-state index contributed by atoms with van der Waals surface area (Å²) in [7, 11) is 0. The van der Waals surface area contributed by atoms with Gasteiger partial charge in [0.1, 0.15) is 110 Å². The van der Waals surface area contributed by atoms with Crippen molar-refractivity contribution in [2.45, 2.75) is 174 Å². The third-order valence-electron chi connectivity index (χ3n) is 11.1. The average molecular weight is 909 g/mol. The summed E-state index contributed by atoms with van der Waals surface area (Å²) >= 11 is 0. The van der Waals surface area contributed by atoms with Gasteiger partial charge in [-0.25, -0.2) is 4.79 Å². The van der Waals surface area contributed by atoms with Crippen molar-refractivity contribution in [3.05, 3.63) is 0 Å². The van der Waals surface area contributed by atoms with Gasteiger partial charge in [-0.3, -0.25) is 9.59 Å². The van der Waals surface area contributed by atoms with Gasteiger partial charge in [-0.15, -0.1) is 0 Å². The first-order chi connectivity index (χ1) is 29.1. The van der Waals surface area contributed by atoms with Crippen molar-refractivity contribution in [2.75, 3.05) is 19.8 Å². The molecule has 0 unspecified atom stereocenters. The van der Waals surface area contributed by atoms with Gasteiger partial charge < -0.3 is 125 Å². The fourth-order valence-electron chi connectivity index (χ4n) is 7.72. The summed E-state index contributed by atoms with van der Waals surface area (Å²) in [6.07, 6.45) is -44.1. The maximum absolute atomic E-state index is 12.5. The van der Waals surface area contributed by atoms with Gasteiger partial charge in [0.25, 0.3) is 0 Å². The van der Waals surface area contributed by atoms with E-state index in [1.807, 2.05) is 0 Å². The summed E-state index contributed by atoms with van der Waals surface area (Å²) in [5.41, 5.74) is 0. The van der Waals surface area contributed by atoms with Crippen LogP contribution in [0.5, 0.6) is 0 Å². The topological polar surface area (TPSA) is 442 Å². The van der Waals surface area contributed by atoms with Crippen LogP contribution in [0.25, 0.3) is 0 Å². The quantitative estimate of drug-likeness (QED) is 0.0769. The Balaban J connectivity index is 1.53. The molecule has 2 amide bonds. The Kier molecular flexibility index (Phi) is 17.3. The minimum absolute atomic E-state index is 0.788. The first-order valence-corrected chi connectivity index (χ1v) is 19.4. The second kappa shape index (κ2) is 21.2. The van der Waals surface area contributed by atoms with Crippen LogP contribution >= 0.6 is 0 Å². The maximum Gasteiger partial charge on any atom is 0.335 e. The molecule has 5 heterocycles. The van der Waals surface area contributed by atoms with E-state index in [1.54, 1.807) is 0 Å². The van der Waals surface area contributed by atoms with Gasteiger partial charge in [-0.1, -0.05) is 0 Å². The minimum Gasteiger partial charge on any atom is -0.479 e. The Hall–Kier alpha value is -2.47. The van der Waals surface area contributed by atoms with Gasteiger partial charge in [0.15, 0.2) is 37.6 Å². The van der Waals surface area contributed by atoms with Crippen LogP contribution in [0.1, 0.15) is 20.8 Å².